The molecular formula is C11H14BrNO3S. The molecule has 0 radical (unpaired) electrons. The highest BCUT2D eigenvalue weighted by Gasteiger charge is 2.28. The zero-order valence-electron chi connectivity index (χ0n) is 9.26. The summed E-state index contributed by atoms with van der Waals surface area (Å²) >= 11 is 3.26. The van der Waals surface area contributed by atoms with Crippen LogP contribution in [0.5, 0.6) is 0 Å². The van der Waals surface area contributed by atoms with Gasteiger partial charge in [-0.2, -0.15) is 4.31 Å². The minimum atomic E-state index is -3.43. The molecule has 2 rings (SSSR count). The number of nitrogens with zero attached hydrogens (tertiary/aromatic N) is 1. The highest BCUT2D eigenvalue weighted by atomic mass is 79.9. The molecule has 1 heterocycles. The number of halogens is 1. The van der Waals surface area contributed by atoms with Gasteiger partial charge in [-0.25, -0.2) is 8.42 Å². The average molecular weight is 320 g/mol. The Bertz CT molecular complexity index is 509. The fraction of sp³-hybridized carbons (Fsp3) is 0.455. The molecular weight excluding hydrogens is 306 g/mol. The maximum atomic E-state index is 12.3. The average Bonchev–Trinajstić information content (AvgIpc) is 2.83. The van der Waals surface area contributed by atoms with Gasteiger partial charge in [0.2, 0.25) is 10.0 Å². The molecule has 94 valence electrons. The third kappa shape index (κ3) is 2.54. The van der Waals surface area contributed by atoms with Gasteiger partial charge in [0.05, 0.1) is 11.5 Å². The van der Waals surface area contributed by atoms with Crippen LogP contribution >= 0.6 is 15.9 Å². The monoisotopic (exact) mass is 319 g/mol. The number of aliphatic hydroxyl groups excluding tert-OH is 1. The first-order valence-electron chi connectivity index (χ1n) is 5.45. The van der Waals surface area contributed by atoms with Gasteiger partial charge in [-0.3, -0.25) is 0 Å². The van der Waals surface area contributed by atoms with Crippen molar-refractivity contribution < 1.29 is 13.5 Å². The van der Waals surface area contributed by atoms with Crippen molar-refractivity contribution in [2.45, 2.75) is 24.3 Å². The molecule has 1 aromatic carbocycles. The lowest BCUT2D eigenvalue weighted by Gasteiger charge is -2.17. The molecule has 0 spiro atoms. The fourth-order valence-electron chi connectivity index (χ4n) is 1.91. The summed E-state index contributed by atoms with van der Waals surface area (Å²) in [6, 6.07) is 4.89. The largest absolute Gasteiger partial charge is 0.392 e. The van der Waals surface area contributed by atoms with Crippen molar-refractivity contribution in [3.05, 3.63) is 28.2 Å². The van der Waals surface area contributed by atoms with Gasteiger partial charge in [0.15, 0.2) is 0 Å². The van der Waals surface area contributed by atoms with Crippen LogP contribution < -0.4 is 0 Å². The van der Waals surface area contributed by atoms with E-state index in [1.54, 1.807) is 12.1 Å². The van der Waals surface area contributed by atoms with E-state index in [9.17, 15) is 8.42 Å². The van der Waals surface area contributed by atoms with E-state index in [2.05, 4.69) is 15.9 Å². The second kappa shape index (κ2) is 5.06. The Morgan fingerprint density at radius 3 is 2.53 bits per heavy atom. The Balaban J connectivity index is 2.44. The van der Waals surface area contributed by atoms with Crippen LogP contribution in [0.3, 0.4) is 0 Å². The van der Waals surface area contributed by atoms with Crippen LogP contribution in [0.15, 0.2) is 27.6 Å². The molecule has 0 aliphatic carbocycles. The highest BCUT2D eigenvalue weighted by molar-refractivity contribution is 9.10. The maximum absolute atomic E-state index is 12.3. The molecule has 1 saturated heterocycles. The normalized spacial score (nSPS) is 17.5. The molecule has 0 amide bonds. The molecule has 1 fully saturated rings. The molecule has 0 unspecified atom stereocenters. The number of hydrogen-bond acceptors (Lipinski definition) is 3. The molecule has 1 aliphatic rings. The first-order chi connectivity index (χ1) is 8.05. The fourth-order valence-corrected chi connectivity index (χ4v) is 4.40. The van der Waals surface area contributed by atoms with Crippen LogP contribution in [0, 0.1) is 0 Å². The Labute approximate surface area is 109 Å². The van der Waals surface area contributed by atoms with E-state index < -0.39 is 10.0 Å². The van der Waals surface area contributed by atoms with Gasteiger partial charge >= 0.3 is 0 Å². The van der Waals surface area contributed by atoms with E-state index in [0.29, 0.717) is 23.1 Å². The van der Waals surface area contributed by atoms with Crippen LogP contribution in [0.25, 0.3) is 0 Å². The van der Waals surface area contributed by atoms with Crippen LogP contribution in [0.4, 0.5) is 0 Å². The summed E-state index contributed by atoms with van der Waals surface area (Å²) in [5, 5.41) is 9.06. The summed E-state index contributed by atoms with van der Waals surface area (Å²) in [5.41, 5.74) is 0.603. The molecule has 0 atom stereocenters. The minimum Gasteiger partial charge on any atom is -0.392 e. The summed E-state index contributed by atoms with van der Waals surface area (Å²) in [6.07, 6.45) is 1.83. The standard InChI is InChI=1S/C11H14BrNO3S/c12-10-4-3-9(8-14)7-11(10)17(15,16)13-5-1-2-6-13/h3-4,7,14H,1-2,5-6,8H2. The van der Waals surface area contributed by atoms with Crippen LogP contribution in [-0.2, 0) is 16.6 Å². The first kappa shape index (κ1) is 13.0. The van der Waals surface area contributed by atoms with Crippen molar-refractivity contribution in [2.24, 2.45) is 0 Å². The smallest absolute Gasteiger partial charge is 0.244 e. The first-order valence-corrected chi connectivity index (χ1v) is 7.68. The van der Waals surface area contributed by atoms with E-state index in [1.807, 2.05) is 0 Å². The van der Waals surface area contributed by atoms with Gasteiger partial charge < -0.3 is 5.11 Å². The number of aliphatic hydroxyl groups is 1. The SMILES string of the molecule is O=S(=O)(c1cc(CO)ccc1Br)N1CCCC1. The van der Waals surface area contributed by atoms with Gasteiger partial charge in [-0.05, 0) is 46.5 Å². The van der Waals surface area contributed by atoms with E-state index >= 15 is 0 Å². The second-order valence-corrected chi connectivity index (χ2v) is 6.79. The van der Waals surface area contributed by atoms with Crippen LogP contribution in [0.2, 0.25) is 0 Å². The summed E-state index contributed by atoms with van der Waals surface area (Å²) in [7, 11) is -3.43. The Morgan fingerprint density at radius 1 is 1.29 bits per heavy atom. The summed E-state index contributed by atoms with van der Waals surface area (Å²) < 4.78 is 26.7. The van der Waals surface area contributed by atoms with Gasteiger partial charge in [0, 0.05) is 17.6 Å². The zero-order chi connectivity index (χ0) is 12.5. The van der Waals surface area contributed by atoms with E-state index in [0.717, 1.165) is 12.8 Å². The van der Waals surface area contributed by atoms with Gasteiger partial charge in [-0.1, -0.05) is 6.07 Å². The van der Waals surface area contributed by atoms with Crippen molar-refractivity contribution in [1.82, 2.24) is 4.31 Å². The van der Waals surface area contributed by atoms with Crippen molar-refractivity contribution in [1.29, 1.82) is 0 Å². The third-order valence-electron chi connectivity index (χ3n) is 2.86. The van der Waals surface area contributed by atoms with Gasteiger partial charge in [0.25, 0.3) is 0 Å². The number of benzene rings is 1. The Hall–Kier alpha value is -0.430. The molecule has 6 heteroatoms. The molecule has 1 N–H and O–H groups in total. The van der Waals surface area contributed by atoms with E-state index in [1.165, 1.54) is 10.4 Å². The van der Waals surface area contributed by atoms with Crippen molar-refractivity contribution in [3.63, 3.8) is 0 Å². The van der Waals surface area contributed by atoms with E-state index in [4.69, 9.17) is 5.11 Å². The van der Waals surface area contributed by atoms with Crippen molar-refractivity contribution >= 4 is 26.0 Å². The predicted molar refractivity (Wildman–Crippen MR) is 68.1 cm³/mol. The number of rotatable bonds is 3. The summed E-state index contributed by atoms with van der Waals surface area (Å²) in [5.74, 6) is 0. The molecule has 1 aromatic rings. The molecule has 1 aliphatic heterocycles. The Morgan fingerprint density at radius 2 is 1.94 bits per heavy atom. The Kier molecular flexibility index (Phi) is 3.87. The lowest BCUT2D eigenvalue weighted by Crippen LogP contribution is -2.28. The van der Waals surface area contributed by atoms with Crippen molar-refractivity contribution in [2.75, 3.05) is 13.1 Å². The minimum absolute atomic E-state index is 0.157. The molecule has 17 heavy (non-hydrogen) atoms. The predicted octanol–water partition coefficient (Wildman–Crippen LogP) is 1.73. The third-order valence-corrected chi connectivity index (χ3v) is 5.75. The zero-order valence-corrected chi connectivity index (χ0v) is 11.7. The number of sulfonamides is 1. The van der Waals surface area contributed by atoms with Crippen LogP contribution in [0.1, 0.15) is 18.4 Å². The number of hydrogen-bond donors (Lipinski definition) is 1. The highest BCUT2D eigenvalue weighted by Crippen LogP contribution is 2.28. The quantitative estimate of drug-likeness (QED) is 0.923. The topological polar surface area (TPSA) is 57.6 Å². The van der Waals surface area contributed by atoms with Crippen molar-refractivity contribution in [3.8, 4) is 0 Å². The summed E-state index contributed by atoms with van der Waals surface area (Å²) in [6.45, 7) is 1.01. The lowest BCUT2D eigenvalue weighted by atomic mass is 10.2. The molecule has 4 nitrogen and oxygen atoms in total. The summed E-state index contributed by atoms with van der Waals surface area (Å²) in [4.78, 5) is 0.242. The second-order valence-electron chi connectivity index (χ2n) is 4.03. The van der Waals surface area contributed by atoms with E-state index in [-0.39, 0.29) is 11.5 Å². The molecule has 0 bridgehead atoms. The maximum Gasteiger partial charge on any atom is 0.244 e. The van der Waals surface area contributed by atoms with Gasteiger partial charge in [0.1, 0.15) is 0 Å². The van der Waals surface area contributed by atoms with Gasteiger partial charge in [-0.15, -0.1) is 0 Å². The molecule has 0 aromatic heterocycles. The lowest BCUT2D eigenvalue weighted by molar-refractivity contribution is 0.281. The van der Waals surface area contributed by atoms with Crippen LogP contribution in [-0.4, -0.2) is 30.9 Å². The molecule has 0 saturated carbocycles.